The van der Waals surface area contributed by atoms with Gasteiger partial charge in [0.15, 0.2) is 0 Å². The molecule has 2 aliphatic rings. The van der Waals surface area contributed by atoms with Gasteiger partial charge >= 0.3 is 0 Å². The molecule has 0 aliphatic carbocycles. The normalized spacial score (nSPS) is 17.9. The van der Waals surface area contributed by atoms with Crippen molar-refractivity contribution in [1.29, 1.82) is 0 Å². The Morgan fingerprint density at radius 1 is 0.966 bits per heavy atom. The fraction of sp³-hybridized carbons (Fsp3) is 0.545. The second kappa shape index (κ2) is 10.7. The maximum absolute atomic E-state index is 5.90. The van der Waals surface area contributed by atoms with E-state index in [1.54, 1.807) is 0 Å². The van der Waals surface area contributed by atoms with E-state index in [9.17, 15) is 0 Å². The number of hydrogen-bond acceptors (Lipinski definition) is 7. The van der Waals surface area contributed by atoms with Gasteiger partial charge in [-0.2, -0.15) is 16.7 Å². The van der Waals surface area contributed by atoms with Gasteiger partial charge in [0.1, 0.15) is 11.6 Å². The molecule has 0 saturated carbocycles. The van der Waals surface area contributed by atoms with E-state index in [0.717, 1.165) is 49.9 Å². The third-order valence-electron chi connectivity index (χ3n) is 5.42. The number of benzene rings is 1. The molecule has 7 heteroatoms. The summed E-state index contributed by atoms with van der Waals surface area (Å²) in [5.41, 5.74) is 0.971. The summed E-state index contributed by atoms with van der Waals surface area (Å²) in [6.45, 7) is 6.48. The highest BCUT2D eigenvalue weighted by atomic mass is 32.2. The van der Waals surface area contributed by atoms with Crippen molar-refractivity contribution in [3.8, 4) is 5.75 Å². The molecule has 1 aromatic carbocycles. The van der Waals surface area contributed by atoms with Gasteiger partial charge in [0.05, 0.1) is 6.61 Å². The summed E-state index contributed by atoms with van der Waals surface area (Å²) in [6, 6.07) is 10.1. The molecule has 2 aromatic rings. The monoisotopic (exact) mass is 413 g/mol. The number of rotatable bonds is 8. The molecule has 2 aliphatic heterocycles. The van der Waals surface area contributed by atoms with E-state index >= 15 is 0 Å². The van der Waals surface area contributed by atoms with Crippen molar-refractivity contribution >= 4 is 29.2 Å². The van der Waals surface area contributed by atoms with Gasteiger partial charge in [0.2, 0.25) is 5.95 Å². The summed E-state index contributed by atoms with van der Waals surface area (Å²) in [4.78, 5) is 13.9. The summed E-state index contributed by atoms with van der Waals surface area (Å²) in [6.07, 6.45) is 6.70. The lowest BCUT2D eigenvalue weighted by molar-refractivity contribution is 0.248. The van der Waals surface area contributed by atoms with Crippen LogP contribution in [0.4, 0.5) is 17.5 Å². The first-order chi connectivity index (χ1) is 14.4. The topological polar surface area (TPSA) is 53.5 Å². The van der Waals surface area contributed by atoms with Crippen molar-refractivity contribution in [1.82, 2.24) is 14.9 Å². The van der Waals surface area contributed by atoms with E-state index in [2.05, 4.69) is 36.8 Å². The molecular weight excluding hydrogens is 382 g/mol. The maximum atomic E-state index is 5.90. The van der Waals surface area contributed by atoms with Crippen LogP contribution in [0.15, 0.2) is 36.5 Å². The van der Waals surface area contributed by atoms with Crippen molar-refractivity contribution in [2.24, 2.45) is 0 Å². The van der Waals surface area contributed by atoms with Crippen molar-refractivity contribution in [3.05, 3.63) is 36.5 Å². The third kappa shape index (κ3) is 6.24. The molecule has 0 unspecified atom stereocenters. The minimum absolute atomic E-state index is 0.640. The van der Waals surface area contributed by atoms with Crippen LogP contribution in [0, 0.1) is 0 Å². The van der Waals surface area contributed by atoms with Crippen LogP contribution < -0.4 is 15.0 Å². The number of piperidine rings is 1. The van der Waals surface area contributed by atoms with Gasteiger partial charge in [0.25, 0.3) is 0 Å². The van der Waals surface area contributed by atoms with Crippen LogP contribution in [0.2, 0.25) is 0 Å². The van der Waals surface area contributed by atoms with Gasteiger partial charge in [-0.1, -0.05) is 0 Å². The van der Waals surface area contributed by atoms with Crippen LogP contribution in [0.1, 0.15) is 25.7 Å². The summed E-state index contributed by atoms with van der Waals surface area (Å²) in [7, 11) is 0. The van der Waals surface area contributed by atoms with Crippen LogP contribution in [0.3, 0.4) is 0 Å². The van der Waals surface area contributed by atoms with E-state index < -0.39 is 0 Å². The van der Waals surface area contributed by atoms with Gasteiger partial charge in [-0.3, -0.25) is 0 Å². The standard InChI is InChI=1S/C22H31N5OS/c1-2-12-27(13-3-1)21-9-10-23-22(25-21)24-19-5-7-20(8-6-19)28-16-4-11-26-14-17-29-18-15-26/h5-10H,1-4,11-18H2,(H,23,24,25). The molecule has 0 amide bonds. The van der Waals surface area contributed by atoms with Crippen LogP contribution in [-0.4, -0.2) is 65.7 Å². The molecule has 1 aromatic heterocycles. The lowest BCUT2D eigenvalue weighted by atomic mass is 10.1. The smallest absolute Gasteiger partial charge is 0.229 e. The van der Waals surface area contributed by atoms with Gasteiger partial charge in [-0.25, -0.2) is 4.98 Å². The van der Waals surface area contributed by atoms with Gasteiger partial charge in [-0.05, 0) is 56.0 Å². The number of nitrogens with one attached hydrogen (secondary N) is 1. The highest BCUT2D eigenvalue weighted by Gasteiger charge is 2.13. The molecule has 0 atom stereocenters. The number of anilines is 3. The van der Waals surface area contributed by atoms with Gasteiger partial charge < -0.3 is 19.9 Å². The average Bonchev–Trinajstić information content (AvgIpc) is 2.79. The summed E-state index contributed by atoms with van der Waals surface area (Å²) in [5, 5.41) is 3.31. The van der Waals surface area contributed by atoms with Crippen molar-refractivity contribution in [2.45, 2.75) is 25.7 Å². The molecule has 2 saturated heterocycles. The fourth-order valence-electron chi connectivity index (χ4n) is 3.78. The molecule has 0 radical (unpaired) electrons. The molecule has 156 valence electrons. The first-order valence-electron chi connectivity index (χ1n) is 10.7. The Labute approximate surface area is 178 Å². The average molecular weight is 414 g/mol. The van der Waals surface area contributed by atoms with Gasteiger partial charge in [0, 0.05) is 56.1 Å². The van der Waals surface area contributed by atoms with E-state index in [0.29, 0.717) is 5.95 Å². The Kier molecular flexibility index (Phi) is 7.48. The van der Waals surface area contributed by atoms with Crippen LogP contribution >= 0.6 is 11.8 Å². The van der Waals surface area contributed by atoms with E-state index in [4.69, 9.17) is 4.74 Å². The molecular formula is C22H31N5OS. The number of thioether (sulfide) groups is 1. The molecule has 29 heavy (non-hydrogen) atoms. The molecule has 6 nitrogen and oxygen atoms in total. The highest BCUT2D eigenvalue weighted by molar-refractivity contribution is 7.99. The Balaban J connectivity index is 1.24. The van der Waals surface area contributed by atoms with Crippen LogP contribution in [0.25, 0.3) is 0 Å². The Bertz CT molecular complexity index is 745. The first kappa shape index (κ1) is 20.3. The number of aromatic nitrogens is 2. The molecule has 3 heterocycles. The summed E-state index contributed by atoms with van der Waals surface area (Å²) >= 11 is 2.05. The minimum atomic E-state index is 0.640. The predicted molar refractivity (Wildman–Crippen MR) is 122 cm³/mol. The Hall–Kier alpha value is -1.99. The van der Waals surface area contributed by atoms with Gasteiger partial charge in [-0.15, -0.1) is 0 Å². The minimum Gasteiger partial charge on any atom is -0.494 e. The predicted octanol–water partition coefficient (Wildman–Crippen LogP) is 4.03. The fourth-order valence-corrected chi connectivity index (χ4v) is 4.75. The van der Waals surface area contributed by atoms with Crippen molar-refractivity contribution in [2.75, 3.05) is 61.1 Å². The van der Waals surface area contributed by atoms with Crippen molar-refractivity contribution < 1.29 is 4.74 Å². The first-order valence-corrected chi connectivity index (χ1v) is 11.9. The third-order valence-corrected chi connectivity index (χ3v) is 6.37. The number of nitrogens with zero attached hydrogens (tertiary/aromatic N) is 4. The van der Waals surface area contributed by atoms with Crippen LogP contribution in [-0.2, 0) is 0 Å². The lowest BCUT2D eigenvalue weighted by Crippen LogP contribution is -2.33. The second-order valence-corrected chi connectivity index (χ2v) is 8.82. The maximum Gasteiger partial charge on any atom is 0.229 e. The molecule has 2 fully saturated rings. The lowest BCUT2D eigenvalue weighted by Gasteiger charge is -2.27. The Morgan fingerprint density at radius 2 is 1.76 bits per heavy atom. The largest absolute Gasteiger partial charge is 0.494 e. The molecule has 4 rings (SSSR count). The quantitative estimate of drug-likeness (QED) is 0.656. The number of hydrogen-bond donors (Lipinski definition) is 1. The van der Waals surface area contributed by atoms with E-state index in [-0.39, 0.29) is 0 Å². The SMILES string of the molecule is c1cc(N2CCCCC2)nc(Nc2ccc(OCCCN3CCSCC3)cc2)n1. The zero-order chi connectivity index (χ0) is 19.7. The summed E-state index contributed by atoms with van der Waals surface area (Å²) in [5.74, 6) is 5.09. The highest BCUT2D eigenvalue weighted by Crippen LogP contribution is 2.21. The Morgan fingerprint density at radius 3 is 2.55 bits per heavy atom. The zero-order valence-electron chi connectivity index (χ0n) is 17.1. The molecule has 0 spiro atoms. The zero-order valence-corrected chi connectivity index (χ0v) is 17.9. The van der Waals surface area contributed by atoms with Crippen molar-refractivity contribution in [3.63, 3.8) is 0 Å². The van der Waals surface area contributed by atoms with Crippen LogP contribution in [0.5, 0.6) is 5.75 Å². The van der Waals surface area contributed by atoms with E-state index in [1.165, 1.54) is 43.9 Å². The molecule has 0 bridgehead atoms. The molecule has 1 N–H and O–H groups in total. The van der Waals surface area contributed by atoms with E-state index in [1.807, 2.05) is 36.5 Å². The second-order valence-electron chi connectivity index (χ2n) is 7.59. The number of ether oxygens (including phenoxy) is 1. The summed E-state index contributed by atoms with van der Waals surface area (Å²) < 4.78 is 5.90.